The fourth-order valence-electron chi connectivity index (χ4n) is 1.77. The van der Waals surface area contributed by atoms with Crippen molar-refractivity contribution >= 4 is 27.3 Å². The number of hydrogen-bond donors (Lipinski definition) is 2. The quantitative estimate of drug-likeness (QED) is 0.844. The molecule has 0 amide bonds. The van der Waals surface area contributed by atoms with E-state index in [1.807, 2.05) is 6.07 Å². The molecule has 0 aromatic heterocycles. The molecule has 2 aromatic rings. The molecule has 0 aliphatic carbocycles. The van der Waals surface area contributed by atoms with Crippen LogP contribution in [0.15, 0.2) is 47.4 Å². The number of nitrogens with two attached hydrogens (primary N) is 1. The van der Waals surface area contributed by atoms with Crippen LogP contribution in [-0.2, 0) is 16.6 Å². The number of sulfonamides is 1. The van der Waals surface area contributed by atoms with E-state index in [-0.39, 0.29) is 22.0 Å². The summed E-state index contributed by atoms with van der Waals surface area (Å²) in [6.45, 7) is 0.0742. The first-order valence-electron chi connectivity index (χ1n) is 5.96. The van der Waals surface area contributed by atoms with Gasteiger partial charge < -0.3 is 5.73 Å². The molecule has 0 saturated heterocycles. The number of anilines is 1. The van der Waals surface area contributed by atoms with Crippen LogP contribution in [0, 0.1) is 11.3 Å². The van der Waals surface area contributed by atoms with E-state index >= 15 is 0 Å². The van der Waals surface area contributed by atoms with Crippen molar-refractivity contribution in [1.29, 1.82) is 5.26 Å². The van der Waals surface area contributed by atoms with Gasteiger partial charge in [0.25, 0.3) is 0 Å². The first-order valence-corrected chi connectivity index (χ1v) is 7.82. The van der Waals surface area contributed by atoms with Crippen LogP contribution in [-0.4, -0.2) is 8.42 Å². The molecule has 0 saturated carbocycles. The Labute approximate surface area is 128 Å². The maximum absolute atomic E-state index is 12.3. The fourth-order valence-corrected chi connectivity index (χ4v) is 3.20. The van der Waals surface area contributed by atoms with Crippen molar-refractivity contribution in [3.05, 3.63) is 58.6 Å². The highest BCUT2D eigenvalue weighted by molar-refractivity contribution is 7.89. The molecule has 2 rings (SSSR count). The molecule has 21 heavy (non-hydrogen) atoms. The Hall–Kier alpha value is -2.07. The van der Waals surface area contributed by atoms with Crippen molar-refractivity contribution in [3.63, 3.8) is 0 Å². The predicted octanol–water partition coefficient (Wildman–Crippen LogP) is 2.27. The van der Waals surface area contributed by atoms with E-state index in [0.717, 1.165) is 5.56 Å². The Morgan fingerprint density at radius 2 is 2.00 bits per heavy atom. The Kier molecular flexibility index (Phi) is 4.48. The molecule has 0 atom stereocenters. The number of benzene rings is 2. The lowest BCUT2D eigenvalue weighted by Gasteiger charge is -2.09. The van der Waals surface area contributed by atoms with Gasteiger partial charge >= 0.3 is 0 Å². The Morgan fingerprint density at radius 3 is 2.67 bits per heavy atom. The number of nitriles is 1. The first kappa shape index (κ1) is 15.3. The fraction of sp³-hybridized carbons (Fsp3) is 0.0714. The summed E-state index contributed by atoms with van der Waals surface area (Å²) in [6, 6.07) is 12.8. The molecule has 2 aromatic carbocycles. The molecular formula is C14H12ClN3O2S. The zero-order valence-electron chi connectivity index (χ0n) is 10.9. The molecule has 0 radical (unpaired) electrons. The highest BCUT2D eigenvalue weighted by atomic mass is 35.5. The molecule has 0 unspecified atom stereocenters. The molecule has 5 nitrogen and oxygen atoms in total. The molecule has 0 fully saturated rings. The van der Waals surface area contributed by atoms with Crippen LogP contribution in [0.3, 0.4) is 0 Å². The van der Waals surface area contributed by atoms with E-state index in [0.29, 0.717) is 5.69 Å². The average Bonchev–Trinajstić information content (AvgIpc) is 2.45. The van der Waals surface area contributed by atoms with Gasteiger partial charge in [0.1, 0.15) is 11.0 Å². The minimum absolute atomic E-state index is 0.0412. The van der Waals surface area contributed by atoms with Gasteiger partial charge in [-0.2, -0.15) is 5.26 Å². The standard InChI is InChI=1S/C14H12ClN3O2S/c15-12-5-4-11(8-16)14(7-12)21(19,20)18-9-10-2-1-3-13(17)6-10/h1-7,18H,9,17H2. The van der Waals surface area contributed by atoms with Gasteiger partial charge in [0.15, 0.2) is 0 Å². The summed E-state index contributed by atoms with van der Waals surface area (Å²) < 4.78 is 27.0. The second-order valence-corrected chi connectivity index (χ2v) is 6.49. The number of nitrogens with zero attached hydrogens (tertiary/aromatic N) is 1. The van der Waals surface area contributed by atoms with Gasteiger partial charge in [0, 0.05) is 17.3 Å². The monoisotopic (exact) mass is 321 g/mol. The van der Waals surface area contributed by atoms with E-state index in [1.54, 1.807) is 24.3 Å². The van der Waals surface area contributed by atoms with Crippen LogP contribution in [0.5, 0.6) is 0 Å². The van der Waals surface area contributed by atoms with Gasteiger partial charge in [-0.15, -0.1) is 0 Å². The van der Waals surface area contributed by atoms with Crippen LogP contribution < -0.4 is 10.5 Å². The van der Waals surface area contributed by atoms with Crippen molar-refractivity contribution in [2.45, 2.75) is 11.4 Å². The molecule has 7 heteroatoms. The zero-order chi connectivity index (χ0) is 15.5. The van der Waals surface area contributed by atoms with Crippen LogP contribution in [0.4, 0.5) is 5.69 Å². The Balaban J connectivity index is 2.27. The van der Waals surface area contributed by atoms with Gasteiger partial charge in [-0.05, 0) is 35.9 Å². The maximum Gasteiger partial charge on any atom is 0.242 e. The number of nitrogen functional groups attached to an aromatic ring is 1. The molecule has 0 aliphatic heterocycles. The van der Waals surface area contributed by atoms with Gasteiger partial charge in [-0.1, -0.05) is 23.7 Å². The lowest BCUT2D eigenvalue weighted by atomic mass is 10.2. The third kappa shape index (κ3) is 3.73. The lowest BCUT2D eigenvalue weighted by Crippen LogP contribution is -2.24. The molecule has 0 bridgehead atoms. The predicted molar refractivity (Wildman–Crippen MR) is 81.0 cm³/mol. The second-order valence-electron chi connectivity index (χ2n) is 4.32. The van der Waals surface area contributed by atoms with Gasteiger partial charge in [0.2, 0.25) is 10.0 Å². The third-order valence-electron chi connectivity index (χ3n) is 2.77. The molecule has 0 heterocycles. The molecule has 108 valence electrons. The van der Waals surface area contributed by atoms with Crippen LogP contribution in [0.2, 0.25) is 5.02 Å². The van der Waals surface area contributed by atoms with Crippen molar-refractivity contribution in [2.24, 2.45) is 0 Å². The van der Waals surface area contributed by atoms with Crippen molar-refractivity contribution in [2.75, 3.05) is 5.73 Å². The number of hydrogen-bond acceptors (Lipinski definition) is 4. The summed E-state index contributed by atoms with van der Waals surface area (Å²) in [7, 11) is -3.83. The highest BCUT2D eigenvalue weighted by Gasteiger charge is 2.18. The third-order valence-corrected chi connectivity index (χ3v) is 4.45. The summed E-state index contributed by atoms with van der Waals surface area (Å²) in [4.78, 5) is -0.138. The largest absolute Gasteiger partial charge is 0.399 e. The lowest BCUT2D eigenvalue weighted by molar-refractivity contribution is 0.581. The smallest absolute Gasteiger partial charge is 0.242 e. The second kappa shape index (κ2) is 6.14. The van der Waals surface area contributed by atoms with Crippen LogP contribution in [0.25, 0.3) is 0 Å². The summed E-state index contributed by atoms with van der Waals surface area (Å²) in [5, 5.41) is 9.24. The molecular weight excluding hydrogens is 310 g/mol. The molecule has 3 N–H and O–H groups in total. The van der Waals surface area contributed by atoms with Gasteiger partial charge in [-0.3, -0.25) is 0 Å². The van der Waals surface area contributed by atoms with E-state index in [4.69, 9.17) is 22.6 Å². The van der Waals surface area contributed by atoms with E-state index in [2.05, 4.69) is 4.72 Å². The number of halogens is 1. The van der Waals surface area contributed by atoms with E-state index < -0.39 is 10.0 Å². The zero-order valence-corrected chi connectivity index (χ0v) is 12.4. The van der Waals surface area contributed by atoms with E-state index in [1.165, 1.54) is 18.2 Å². The topological polar surface area (TPSA) is 96.0 Å². The molecule has 0 aliphatic rings. The Bertz CT molecular complexity index is 813. The summed E-state index contributed by atoms with van der Waals surface area (Å²) in [6.07, 6.45) is 0. The minimum atomic E-state index is -3.83. The minimum Gasteiger partial charge on any atom is -0.399 e. The van der Waals surface area contributed by atoms with Gasteiger partial charge in [-0.25, -0.2) is 13.1 Å². The summed E-state index contributed by atoms with van der Waals surface area (Å²) in [5.74, 6) is 0. The number of rotatable bonds is 4. The maximum atomic E-state index is 12.3. The van der Waals surface area contributed by atoms with E-state index in [9.17, 15) is 8.42 Å². The highest BCUT2D eigenvalue weighted by Crippen LogP contribution is 2.20. The van der Waals surface area contributed by atoms with Crippen LogP contribution >= 0.6 is 11.6 Å². The summed E-state index contributed by atoms with van der Waals surface area (Å²) in [5.41, 5.74) is 6.95. The Morgan fingerprint density at radius 1 is 1.24 bits per heavy atom. The van der Waals surface area contributed by atoms with Crippen LogP contribution in [0.1, 0.15) is 11.1 Å². The van der Waals surface area contributed by atoms with Crippen molar-refractivity contribution < 1.29 is 8.42 Å². The normalized spacial score (nSPS) is 11.0. The molecule has 0 spiro atoms. The van der Waals surface area contributed by atoms with Crippen molar-refractivity contribution in [3.8, 4) is 6.07 Å². The SMILES string of the molecule is N#Cc1ccc(Cl)cc1S(=O)(=O)NCc1cccc(N)c1. The average molecular weight is 322 g/mol. The van der Waals surface area contributed by atoms with Gasteiger partial charge in [0.05, 0.1) is 5.56 Å². The number of nitrogens with one attached hydrogen (secondary N) is 1. The first-order chi connectivity index (χ1) is 9.92. The van der Waals surface area contributed by atoms with Crippen molar-refractivity contribution in [1.82, 2.24) is 4.72 Å². The summed E-state index contributed by atoms with van der Waals surface area (Å²) >= 11 is 5.80.